The molecule has 2 aromatic rings. The Morgan fingerprint density at radius 3 is 2.56 bits per heavy atom. The fraction of sp³-hybridized carbons (Fsp3) is 0.560. The summed E-state index contributed by atoms with van der Waals surface area (Å²) >= 11 is 6.52. The molecule has 2 fully saturated rings. The van der Waals surface area contributed by atoms with Gasteiger partial charge in [0.05, 0.1) is 10.7 Å². The Bertz CT molecular complexity index is 920. The summed E-state index contributed by atoms with van der Waals surface area (Å²) in [5, 5.41) is 4.18. The Kier molecular flexibility index (Phi) is 7.63. The highest BCUT2D eigenvalue weighted by atomic mass is 35.5. The van der Waals surface area contributed by atoms with Crippen molar-refractivity contribution in [1.29, 1.82) is 0 Å². The van der Waals surface area contributed by atoms with Crippen LogP contribution in [0.5, 0.6) is 0 Å². The molecule has 172 valence electrons. The Balaban J connectivity index is 1.38. The number of anilines is 1. The highest BCUT2D eigenvalue weighted by Gasteiger charge is 2.21. The van der Waals surface area contributed by atoms with Gasteiger partial charge in [0.2, 0.25) is 5.91 Å². The number of hydrogen-bond acceptors (Lipinski definition) is 5. The lowest BCUT2D eigenvalue weighted by Gasteiger charge is -2.31. The lowest BCUT2D eigenvalue weighted by atomic mass is 9.83. The van der Waals surface area contributed by atoms with Crippen molar-refractivity contribution in [1.82, 2.24) is 14.9 Å². The van der Waals surface area contributed by atoms with Crippen LogP contribution in [0.2, 0.25) is 5.02 Å². The number of pyridine rings is 2. The molecule has 0 aromatic carbocycles. The van der Waals surface area contributed by atoms with Gasteiger partial charge in [0, 0.05) is 68.0 Å². The first kappa shape index (κ1) is 23.0. The third-order valence-corrected chi connectivity index (χ3v) is 7.31. The van der Waals surface area contributed by atoms with Gasteiger partial charge < -0.3 is 16.0 Å². The zero-order valence-electron chi connectivity index (χ0n) is 18.9. The van der Waals surface area contributed by atoms with Gasteiger partial charge in [-0.25, -0.2) is 0 Å². The van der Waals surface area contributed by atoms with E-state index in [9.17, 15) is 4.79 Å². The van der Waals surface area contributed by atoms with E-state index in [2.05, 4.69) is 27.4 Å². The Hall–Kier alpha value is -2.18. The molecule has 6 nitrogen and oxygen atoms in total. The molecule has 1 saturated heterocycles. The molecular weight excluding hydrogens is 422 g/mol. The largest absolute Gasteiger partial charge is 0.384 e. The first-order valence-corrected chi connectivity index (χ1v) is 12.2. The molecule has 0 radical (unpaired) electrons. The van der Waals surface area contributed by atoms with Crippen molar-refractivity contribution >= 4 is 23.2 Å². The number of carbonyl (C=O) groups excluding carboxylic acids is 1. The predicted octanol–water partition coefficient (Wildman–Crippen LogP) is 4.53. The number of carbonyl (C=O) groups is 1. The van der Waals surface area contributed by atoms with Crippen LogP contribution in [0.25, 0.3) is 11.1 Å². The molecule has 32 heavy (non-hydrogen) atoms. The van der Waals surface area contributed by atoms with Gasteiger partial charge in [-0.3, -0.25) is 14.8 Å². The van der Waals surface area contributed by atoms with Crippen molar-refractivity contribution in [2.45, 2.75) is 57.9 Å². The number of nitrogens with two attached hydrogens (primary N) is 1. The molecule has 0 bridgehead atoms. The smallest absolute Gasteiger partial charge is 0.219 e. The molecule has 2 aromatic heterocycles. The summed E-state index contributed by atoms with van der Waals surface area (Å²) in [6, 6.07) is 4.60. The number of nitrogens with one attached hydrogen (secondary N) is 1. The van der Waals surface area contributed by atoms with E-state index in [1.165, 1.54) is 12.8 Å². The van der Waals surface area contributed by atoms with Crippen LogP contribution in [0.4, 0.5) is 5.69 Å². The molecule has 0 spiro atoms. The summed E-state index contributed by atoms with van der Waals surface area (Å²) in [5.74, 6) is 1.39. The van der Waals surface area contributed by atoms with Gasteiger partial charge in [-0.05, 0) is 68.9 Å². The fourth-order valence-electron chi connectivity index (χ4n) is 4.90. The van der Waals surface area contributed by atoms with Crippen LogP contribution in [-0.4, -0.2) is 46.5 Å². The maximum absolute atomic E-state index is 11.5. The van der Waals surface area contributed by atoms with Gasteiger partial charge in [0.25, 0.3) is 0 Å². The molecule has 7 heteroatoms. The van der Waals surface area contributed by atoms with E-state index in [0.717, 1.165) is 74.2 Å². The minimum Gasteiger partial charge on any atom is -0.384 e. The van der Waals surface area contributed by atoms with Crippen LogP contribution < -0.4 is 11.1 Å². The van der Waals surface area contributed by atoms with Crippen LogP contribution in [0.3, 0.4) is 0 Å². The summed E-state index contributed by atoms with van der Waals surface area (Å²) in [6.45, 7) is 4.23. The maximum atomic E-state index is 11.5. The number of amides is 1. The van der Waals surface area contributed by atoms with E-state index in [1.54, 1.807) is 13.1 Å². The highest BCUT2D eigenvalue weighted by molar-refractivity contribution is 6.33. The molecule has 1 saturated carbocycles. The second-order valence-electron chi connectivity index (χ2n) is 9.43. The van der Waals surface area contributed by atoms with Crippen molar-refractivity contribution in [2.24, 2.45) is 17.6 Å². The second kappa shape index (κ2) is 10.6. The van der Waals surface area contributed by atoms with Crippen LogP contribution in [0.1, 0.15) is 51.1 Å². The fourth-order valence-corrected chi connectivity index (χ4v) is 5.11. The third kappa shape index (κ3) is 5.99. The molecule has 2 aliphatic rings. The lowest BCUT2D eigenvalue weighted by molar-refractivity contribution is -0.130. The standard InChI is InChI=1S/C25H34ClN5O/c1-17(32)31-8-6-19(7-9-31)13-29-23-11-20(14-28-15-23)24-12-22(30-16-25(24)26)10-18-2-4-21(27)5-3-18/h11-12,14-16,18-19,21,29H,2-10,13,27H2,1H3. The van der Waals surface area contributed by atoms with Crippen molar-refractivity contribution in [3.63, 3.8) is 0 Å². The van der Waals surface area contributed by atoms with Crippen LogP contribution in [0.15, 0.2) is 30.7 Å². The summed E-state index contributed by atoms with van der Waals surface area (Å²) in [7, 11) is 0. The van der Waals surface area contributed by atoms with Gasteiger partial charge in [-0.2, -0.15) is 0 Å². The number of likely N-dealkylation sites (tertiary alicyclic amines) is 1. The van der Waals surface area contributed by atoms with E-state index in [0.29, 0.717) is 22.9 Å². The minimum atomic E-state index is 0.175. The van der Waals surface area contributed by atoms with E-state index >= 15 is 0 Å². The zero-order valence-corrected chi connectivity index (χ0v) is 19.7. The van der Waals surface area contributed by atoms with Gasteiger partial charge in [-0.15, -0.1) is 0 Å². The normalized spacial score (nSPS) is 22.0. The van der Waals surface area contributed by atoms with Gasteiger partial charge in [0.15, 0.2) is 0 Å². The molecule has 1 aliphatic heterocycles. The number of aromatic nitrogens is 2. The molecule has 0 atom stereocenters. The number of rotatable bonds is 6. The lowest BCUT2D eigenvalue weighted by Crippen LogP contribution is -2.38. The first-order chi connectivity index (χ1) is 15.5. The van der Waals surface area contributed by atoms with Crippen molar-refractivity contribution in [3.8, 4) is 11.1 Å². The van der Waals surface area contributed by atoms with Crippen molar-refractivity contribution < 1.29 is 4.79 Å². The maximum Gasteiger partial charge on any atom is 0.219 e. The van der Waals surface area contributed by atoms with E-state index in [1.807, 2.05) is 17.3 Å². The number of piperidine rings is 1. The van der Waals surface area contributed by atoms with Crippen LogP contribution in [-0.2, 0) is 11.2 Å². The molecule has 3 heterocycles. The summed E-state index contributed by atoms with van der Waals surface area (Å²) in [4.78, 5) is 22.5. The van der Waals surface area contributed by atoms with Gasteiger partial charge >= 0.3 is 0 Å². The molecule has 0 unspecified atom stereocenters. The quantitative estimate of drug-likeness (QED) is 0.668. The van der Waals surface area contributed by atoms with E-state index in [-0.39, 0.29) is 5.91 Å². The van der Waals surface area contributed by atoms with Crippen molar-refractivity contribution in [3.05, 3.63) is 41.4 Å². The van der Waals surface area contributed by atoms with Gasteiger partial charge in [0.1, 0.15) is 0 Å². The third-order valence-electron chi connectivity index (χ3n) is 7.01. The molecule has 4 rings (SSSR count). The number of nitrogens with zero attached hydrogens (tertiary/aromatic N) is 3. The molecule has 1 aliphatic carbocycles. The van der Waals surface area contributed by atoms with Crippen LogP contribution >= 0.6 is 11.6 Å². The van der Waals surface area contributed by atoms with Crippen molar-refractivity contribution in [2.75, 3.05) is 25.0 Å². The van der Waals surface area contributed by atoms with Gasteiger partial charge in [-0.1, -0.05) is 11.6 Å². The average molecular weight is 456 g/mol. The molecule has 3 N–H and O–H groups in total. The molecule has 1 amide bonds. The Labute approximate surface area is 196 Å². The minimum absolute atomic E-state index is 0.175. The highest BCUT2D eigenvalue weighted by Crippen LogP contribution is 2.32. The summed E-state index contributed by atoms with van der Waals surface area (Å²) in [6.07, 6.45) is 13.1. The second-order valence-corrected chi connectivity index (χ2v) is 9.84. The number of halogens is 1. The molecular formula is C25H34ClN5O. The average Bonchev–Trinajstić information content (AvgIpc) is 2.81. The SMILES string of the molecule is CC(=O)N1CCC(CNc2cncc(-c3cc(CC4CCC(N)CC4)ncc3Cl)c2)CC1. The van der Waals surface area contributed by atoms with Crippen LogP contribution in [0, 0.1) is 11.8 Å². The summed E-state index contributed by atoms with van der Waals surface area (Å²) in [5.41, 5.74) is 10.1. The predicted molar refractivity (Wildman–Crippen MR) is 130 cm³/mol. The monoisotopic (exact) mass is 455 g/mol. The first-order valence-electron chi connectivity index (χ1n) is 11.8. The van der Waals surface area contributed by atoms with E-state index in [4.69, 9.17) is 17.3 Å². The number of hydrogen-bond donors (Lipinski definition) is 2. The Morgan fingerprint density at radius 2 is 1.84 bits per heavy atom. The Morgan fingerprint density at radius 1 is 1.09 bits per heavy atom. The topological polar surface area (TPSA) is 84.1 Å². The van der Waals surface area contributed by atoms with E-state index < -0.39 is 0 Å². The summed E-state index contributed by atoms with van der Waals surface area (Å²) < 4.78 is 0. The zero-order chi connectivity index (χ0) is 22.5.